The number of ether oxygens (including phenoxy) is 2. The van der Waals surface area contributed by atoms with Crippen LogP contribution in [0, 0.1) is 0 Å². The molecule has 0 unspecified atom stereocenters. The molecular weight excluding hydrogens is 309 g/mol. The number of halogens is 2. The summed E-state index contributed by atoms with van der Waals surface area (Å²) in [7, 11) is 0. The molecule has 2 rings (SSSR count). The summed E-state index contributed by atoms with van der Waals surface area (Å²) in [5.41, 5.74) is 7.02. The average Bonchev–Trinajstić information content (AvgIpc) is 2.71. The smallest absolute Gasteiger partial charge is 0.231 e. The molecule has 4 nitrogen and oxygen atoms in total. The van der Waals surface area contributed by atoms with Crippen molar-refractivity contribution < 1.29 is 14.6 Å². The highest BCUT2D eigenvalue weighted by Gasteiger charge is 2.19. The second-order valence-corrected chi connectivity index (χ2v) is 4.55. The van der Waals surface area contributed by atoms with Gasteiger partial charge >= 0.3 is 0 Å². The molecule has 0 spiro atoms. The van der Waals surface area contributed by atoms with Gasteiger partial charge in [0.25, 0.3) is 0 Å². The van der Waals surface area contributed by atoms with Crippen molar-refractivity contribution in [2.75, 3.05) is 13.4 Å². The summed E-state index contributed by atoms with van der Waals surface area (Å²) in [5.74, 6) is 1.47. The summed E-state index contributed by atoms with van der Waals surface area (Å²) in [4.78, 5) is 0. The lowest BCUT2D eigenvalue weighted by atomic mass is 10.0. The minimum absolute atomic E-state index is 0. The lowest BCUT2D eigenvalue weighted by Crippen LogP contribution is -2.11. The third-order valence-electron chi connectivity index (χ3n) is 2.56. The molecule has 0 fully saturated rings. The van der Waals surface area contributed by atoms with Crippen molar-refractivity contribution in [2.24, 2.45) is 5.73 Å². The minimum atomic E-state index is -0.101. The molecule has 1 aliphatic heterocycles. The van der Waals surface area contributed by atoms with Crippen LogP contribution in [0.3, 0.4) is 0 Å². The van der Waals surface area contributed by atoms with Crippen molar-refractivity contribution in [1.82, 2.24) is 0 Å². The van der Waals surface area contributed by atoms with E-state index in [0.29, 0.717) is 6.42 Å². The molecule has 0 radical (unpaired) electrons. The van der Waals surface area contributed by atoms with Gasteiger partial charge in [0.2, 0.25) is 6.79 Å². The second kappa shape index (κ2) is 6.44. The zero-order valence-electron chi connectivity index (χ0n) is 9.19. The first kappa shape index (κ1) is 14.6. The maximum absolute atomic E-state index is 8.77. The molecule has 0 bridgehead atoms. The molecule has 0 aromatic heterocycles. The highest BCUT2D eigenvalue weighted by molar-refractivity contribution is 9.10. The molecule has 0 saturated carbocycles. The van der Waals surface area contributed by atoms with Crippen molar-refractivity contribution in [1.29, 1.82) is 0 Å². The molecule has 0 amide bonds. The van der Waals surface area contributed by atoms with E-state index in [9.17, 15) is 0 Å². The lowest BCUT2D eigenvalue weighted by Gasteiger charge is -2.14. The van der Waals surface area contributed by atoms with Crippen LogP contribution < -0.4 is 15.2 Å². The Morgan fingerprint density at radius 1 is 1.35 bits per heavy atom. The van der Waals surface area contributed by atoms with E-state index in [1.165, 1.54) is 0 Å². The molecule has 0 saturated heterocycles. The molecule has 3 N–H and O–H groups in total. The number of nitrogens with two attached hydrogens (primary N) is 1. The van der Waals surface area contributed by atoms with E-state index in [4.69, 9.17) is 20.3 Å². The number of aliphatic hydroxyl groups excluding tert-OH is 1. The van der Waals surface area contributed by atoms with Crippen LogP contribution in [-0.2, 0) is 0 Å². The van der Waals surface area contributed by atoms with Gasteiger partial charge in [-0.3, -0.25) is 0 Å². The molecule has 1 heterocycles. The van der Waals surface area contributed by atoms with Crippen molar-refractivity contribution in [3.63, 3.8) is 0 Å². The average molecular weight is 325 g/mol. The van der Waals surface area contributed by atoms with Crippen molar-refractivity contribution in [3.8, 4) is 11.5 Å². The van der Waals surface area contributed by atoms with Crippen LogP contribution in [-0.4, -0.2) is 18.5 Å². The van der Waals surface area contributed by atoms with Gasteiger partial charge in [0.05, 0.1) is 0 Å². The fraction of sp³-hybridized carbons (Fsp3) is 0.455. The van der Waals surface area contributed by atoms with E-state index < -0.39 is 0 Å². The first-order chi connectivity index (χ1) is 7.72. The summed E-state index contributed by atoms with van der Waals surface area (Å²) in [6.07, 6.45) is 1.44. The van der Waals surface area contributed by atoms with Gasteiger partial charge in [0.15, 0.2) is 11.5 Å². The number of hydrogen-bond acceptors (Lipinski definition) is 4. The largest absolute Gasteiger partial charge is 0.454 e. The number of benzene rings is 1. The molecule has 1 atom stereocenters. The number of hydrogen-bond donors (Lipinski definition) is 2. The topological polar surface area (TPSA) is 64.7 Å². The van der Waals surface area contributed by atoms with Crippen LogP contribution in [0.2, 0.25) is 0 Å². The predicted molar refractivity (Wildman–Crippen MR) is 70.8 cm³/mol. The molecule has 17 heavy (non-hydrogen) atoms. The number of rotatable bonds is 4. The summed E-state index contributed by atoms with van der Waals surface area (Å²) in [5, 5.41) is 8.77. The van der Waals surface area contributed by atoms with Crippen LogP contribution in [0.15, 0.2) is 16.6 Å². The summed E-state index contributed by atoms with van der Waals surface area (Å²) >= 11 is 3.46. The Kier molecular flexibility index (Phi) is 5.52. The van der Waals surface area contributed by atoms with Crippen LogP contribution in [0.5, 0.6) is 11.5 Å². The normalized spacial score (nSPS) is 14.3. The van der Waals surface area contributed by atoms with Gasteiger partial charge in [-0.05, 0) is 30.5 Å². The zero-order chi connectivity index (χ0) is 11.5. The standard InChI is InChI=1S/C11H14BrNO3.ClH/c12-8-5-11-10(15-6-16-11)4-7(8)9(13)2-1-3-14;/h4-5,9,14H,1-3,6,13H2;1H/t9-;/m1./s1. The maximum atomic E-state index is 8.77. The fourth-order valence-corrected chi connectivity index (χ4v) is 2.30. The van der Waals surface area contributed by atoms with E-state index in [0.717, 1.165) is 28.0 Å². The van der Waals surface area contributed by atoms with Gasteiger partial charge < -0.3 is 20.3 Å². The van der Waals surface area contributed by atoms with E-state index in [1.54, 1.807) is 0 Å². The summed E-state index contributed by atoms with van der Waals surface area (Å²) in [6, 6.07) is 3.67. The van der Waals surface area contributed by atoms with Crippen LogP contribution >= 0.6 is 28.3 Å². The minimum Gasteiger partial charge on any atom is -0.454 e. The monoisotopic (exact) mass is 323 g/mol. The van der Waals surface area contributed by atoms with Crippen LogP contribution in [0.4, 0.5) is 0 Å². The fourth-order valence-electron chi connectivity index (χ4n) is 1.68. The molecular formula is C11H15BrClNO3. The first-order valence-electron chi connectivity index (χ1n) is 5.18. The van der Waals surface area contributed by atoms with Gasteiger partial charge in [-0.15, -0.1) is 12.4 Å². The molecule has 1 aliphatic rings. The van der Waals surface area contributed by atoms with E-state index in [-0.39, 0.29) is 31.8 Å². The third-order valence-corrected chi connectivity index (χ3v) is 3.25. The Hall–Kier alpha value is -0.490. The molecule has 96 valence electrons. The summed E-state index contributed by atoms with van der Waals surface area (Å²) in [6.45, 7) is 0.424. The van der Waals surface area contributed by atoms with Gasteiger partial charge in [-0.1, -0.05) is 15.9 Å². The van der Waals surface area contributed by atoms with E-state index in [1.807, 2.05) is 12.1 Å². The Balaban J connectivity index is 0.00000144. The maximum Gasteiger partial charge on any atom is 0.231 e. The van der Waals surface area contributed by atoms with Gasteiger partial charge in [-0.25, -0.2) is 0 Å². The zero-order valence-corrected chi connectivity index (χ0v) is 11.6. The highest BCUT2D eigenvalue weighted by atomic mass is 79.9. The van der Waals surface area contributed by atoms with Crippen molar-refractivity contribution in [2.45, 2.75) is 18.9 Å². The SMILES string of the molecule is Cl.N[C@H](CCCO)c1cc2c(cc1Br)OCO2. The van der Waals surface area contributed by atoms with Crippen molar-refractivity contribution >= 4 is 28.3 Å². The van der Waals surface area contributed by atoms with Gasteiger partial charge in [0.1, 0.15) is 0 Å². The first-order valence-corrected chi connectivity index (χ1v) is 5.97. The Labute approximate surface area is 115 Å². The number of aliphatic hydroxyl groups is 1. The quantitative estimate of drug-likeness (QED) is 0.892. The second-order valence-electron chi connectivity index (χ2n) is 3.70. The Morgan fingerprint density at radius 3 is 2.65 bits per heavy atom. The highest BCUT2D eigenvalue weighted by Crippen LogP contribution is 2.39. The van der Waals surface area contributed by atoms with Crippen LogP contribution in [0.25, 0.3) is 0 Å². The molecule has 0 aliphatic carbocycles. The van der Waals surface area contributed by atoms with E-state index >= 15 is 0 Å². The number of fused-ring (bicyclic) bond motifs is 1. The Bertz CT molecular complexity index is 389. The lowest BCUT2D eigenvalue weighted by molar-refractivity contribution is 0.174. The van der Waals surface area contributed by atoms with Crippen LogP contribution in [0.1, 0.15) is 24.4 Å². The van der Waals surface area contributed by atoms with Gasteiger partial charge in [0, 0.05) is 17.1 Å². The molecule has 1 aromatic carbocycles. The van der Waals surface area contributed by atoms with Gasteiger partial charge in [-0.2, -0.15) is 0 Å². The predicted octanol–water partition coefficient (Wildman–Crippen LogP) is 2.37. The summed E-state index contributed by atoms with van der Waals surface area (Å²) < 4.78 is 11.5. The van der Waals surface area contributed by atoms with E-state index in [2.05, 4.69) is 15.9 Å². The molecule has 6 heteroatoms. The molecule has 1 aromatic rings. The van der Waals surface area contributed by atoms with Crippen molar-refractivity contribution in [3.05, 3.63) is 22.2 Å². The third kappa shape index (κ3) is 3.25. The Morgan fingerprint density at radius 2 is 2.00 bits per heavy atom.